The van der Waals surface area contributed by atoms with E-state index in [0.717, 1.165) is 33.1 Å². The smallest absolute Gasteiger partial charge is 0.264 e. The topological polar surface area (TPSA) is 96.9 Å². The first-order chi connectivity index (χ1) is 16.4. The maximum atomic E-state index is 12.7. The van der Waals surface area contributed by atoms with Crippen molar-refractivity contribution in [3.05, 3.63) is 95.3 Å². The molecule has 0 aliphatic carbocycles. The Labute approximate surface area is 201 Å². The highest BCUT2D eigenvalue weighted by atomic mass is 35.5. The van der Waals surface area contributed by atoms with Gasteiger partial charge in [0, 0.05) is 39.9 Å². The van der Waals surface area contributed by atoms with Crippen LogP contribution in [0.25, 0.3) is 21.8 Å². The Morgan fingerprint density at radius 3 is 2.44 bits per heavy atom. The van der Waals surface area contributed by atoms with Crippen molar-refractivity contribution in [2.75, 3.05) is 10.0 Å². The normalized spacial score (nSPS) is 11.6. The molecule has 2 N–H and O–H groups in total. The zero-order valence-electron chi connectivity index (χ0n) is 18.2. The van der Waals surface area contributed by atoms with Gasteiger partial charge in [-0.25, -0.2) is 28.1 Å². The Bertz CT molecular complexity index is 1620. The van der Waals surface area contributed by atoms with Crippen LogP contribution in [0.2, 0.25) is 5.02 Å². The molecule has 0 amide bonds. The van der Waals surface area contributed by atoms with Crippen molar-refractivity contribution in [2.45, 2.75) is 18.4 Å². The second-order valence-electron chi connectivity index (χ2n) is 7.77. The number of sulfonamides is 1. The van der Waals surface area contributed by atoms with Crippen LogP contribution in [-0.4, -0.2) is 23.4 Å². The maximum Gasteiger partial charge on any atom is 0.264 e. The molecule has 0 aliphatic heterocycles. The molecule has 0 spiro atoms. The summed E-state index contributed by atoms with van der Waals surface area (Å²) in [5.74, 6) is 0.0405. The van der Waals surface area contributed by atoms with Crippen LogP contribution in [0, 0.1) is 6.92 Å². The van der Waals surface area contributed by atoms with Gasteiger partial charge in [0.1, 0.15) is 0 Å². The Hall–Kier alpha value is -3.75. The quantitative estimate of drug-likeness (QED) is 0.303. The lowest BCUT2D eigenvalue weighted by Crippen LogP contribution is -2.15. The fourth-order valence-corrected chi connectivity index (χ4v) is 4.88. The molecule has 3 aromatic carbocycles. The monoisotopic (exact) mass is 489 g/mol. The SMILES string of the molecule is Cc1ccnc(NS(=O)(=O)c2ccc(NCc3c4ccccc4nc4cc(Cl)ccc34)cc2)n1. The van der Waals surface area contributed by atoms with Crippen molar-refractivity contribution >= 4 is 55.1 Å². The summed E-state index contributed by atoms with van der Waals surface area (Å²) in [4.78, 5) is 12.9. The number of hydrogen-bond acceptors (Lipinski definition) is 6. The number of halogens is 1. The highest BCUT2D eigenvalue weighted by molar-refractivity contribution is 7.92. The molecule has 2 heterocycles. The Morgan fingerprint density at radius 1 is 0.882 bits per heavy atom. The Kier molecular flexibility index (Phi) is 5.77. The number of anilines is 2. The Balaban J connectivity index is 1.40. The summed E-state index contributed by atoms with van der Waals surface area (Å²) in [6.45, 7) is 2.30. The molecular formula is C25H20ClN5O2S. The molecule has 5 aromatic rings. The second-order valence-corrected chi connectivity index (χ2v) is 9.89. The molecule has 7 nitrogen and oxygen atoms in total. The van der Waals surface area contributed by atoms with E-state index in [1.54, 1.807) is 37.3 Å². The van der Waals surface area contributed by atoms with E-state index in [0.29, 0.717) is 17.3 Å². The first-order valence-electron chi connectivity index (χ1n) is 10.5. The first kappa shape index (κ1) is 22.1. The minimum absolute atomic E-state index is 0.0405. The molecule has 34 heavy (non-hydrogen) atoms. The summed E-state index contributed by atoms with van der Waals surface area (Å²) in [7, 11) is -3.80. The number of nitrogens with one attached hydrogen (secondary N) is 2. The predicted octanol–water partition coefficient (Wildman–Crippen LogP) is 5.55. The highest BCUT2D eigenvalue weighted by Crippen LogP contribution is 2.29. The number of fused-ring (bicyclic) bond motifs is 2. The summed E-state index contributed by atoms with van der Waals surface area (Å²) in [5, 5.41) is 6.09. The number of benzene rings is 3. The molecule has 0 saturated carbocycles. The lowest BCUT2D eigenvalue weighted by Gasteiger charge is -2.13. The number of hydrogen-bond donors (Lipinski definition) is 2. The first-order valence-corrected chi connectivity index (χ1v) is 12.4. The number of pyridine rings is 1. The van der Waals surface area contributed by atoms with Gasteiger partial charge in [-0.1, -0.05) is 35.9 Å². The molecule has 5 rings (SSSR count). The zero-order chi connectivity index (χ0) is 23.7. The third-order valence-corrected chi connectivity index (χ3v) is 6.99. The van der Waals surface area contributed by atoms with E-state index >= 15 is 0 Å². The molecule has 0 saturated heterocycles. The standard InChI is InChI=1S/C25H20ClN5O2S/c1-16-12-13-27-25(29-16)31-34(32,33)19-9-7-18(8-10-19)28-15-22-20-4-2-3-5-23(20)30-24-14-17(26)6-11-21(22)24/h2-14,28H,15H2,1H3,(H,27,29,31). The molecule has 170 valence electrons. The van der Waals surface area contributed by atoms with Crippen molar-refractivity contribution in [2.24, 2.45) is 0 Å². The van der Waals surface area contributed by atoms with Crippen molar-refractivity contribution < 1.29 is 8.42 Å². The van der Waals surface area contributed by atoms with Gasteiger partial charge in [-0.2, -0.15) is 0 Å². The number of para-hydroxylation sites is 1. The van der Waals surface area contributed by atoms with Crippen LogP contribution in [0.5, 0.6) is 0 Å². The average molecular weight is 490 g/mol. The van der Waals surface area contributed by atoms with Gasteiger partial charge in [-0.3, -0.25) is 0 Å². The molecule has 0 bridgehead atoms. The summed E-state index contributed by atoms with van der Waals surface area (Å²) in [6, 6.07) is 21.9. The molecular weight excluding hydrogens is 470 g/mol. The second kappa shape index (κ2) is 8.89. The third-order valence-electron chi connectivity index (χ3n) is 5.41. The molecule has 0 unspecified atom stereocenters. The van der Waals surface area contributed by atoms with Gasteiger partial charge in [-0.05, 0) is 61.0 Å². The minimum atomic E-state index is -3.80. The fourth-order valence-electron chi connectivity index (χ4n) is 3.76. The van der Waals surface area contributed by atoms with Crippen LogP contribution in [0.4, 0.5) is 11.6 Å². The lowest BCUT2D eigenvalue weighted by atomic mass is 10.0. The van der Waals surface area contributed by atoms with Crippen molar-refractivity contribution in [1.82, 2.24) is 15.0 Å². The van der Waals surface area contributed by atoms with Crippen LogP contribution in [0.15, 0.2) is 83.9 Å². The van der Waals surface area contributed by atoms with Gasteiger partial charge in [0.15, 0.2) is 0 Å². The van der Waals surface area contributed by atoms with Gasteiger partial charge >= 0.3 is 0 Å². The van der Waals surface area contributed by atoms with Crippen LogP contribution in [0.3, 0.4) is 0 Å². The molecule has 0 aliphatic rings. The van der Waals surface area contributed by atoms with Crippen molar-refractivity contribution in [3.63, 3.8) is 0 Å². The zero-order valence-corrected chi connectivity index (χ0v) is 19.7. The van der Waals surface area contributed by atoms with E-state index in [2.05, 4.69) is 20.0 Å². The van der Waals surface area contributed by atoms with Crippen LogP contribution in [0.1, 0.15) is 11.3 Å². The van der Waals surface area contributed by atoms with E-state index in [1.807, 2.05) is 42.5 Å². The van der Waals surface area contributed by atoms with Crippen LogP contribution < -0.4 is 10.0 Å². The highest BCUT2D eigenvalue weighted by Gasteiger charge is 2.16. The summed E-state index contributed by atoms with van der Waals surface area (Å²) < 4.78 is 27.8. The van der Waals surface area contributed by atoms with E-state index < -0.39 is 10.0 Å². The number of rotatable bonds is 6. The lowest BCUT2D eigenvalue weighted by molar-refractivity contribution is 0.601. The average Bonchev–Trinajstić information content (AvgIpc) is 2.81. The van der Waals surface area contributed by atoms with E-state index in [4.69, 9.17) is 16.6 Å². The predicted molar refractivity (Wildman–Crippen MR) is 136 cm³/mol. The van der Waals surface area contributed by atoms with Crippen molar-refractivity contribution in [3.8, 4) is 0 Å². The van der Waals surface area contributed by atoms with Gasteiger partial charge in [0.05, 0.1) is 15.9 Å². The van der Waals surface area contributed by atoms with E-state index in [1.165, 1.54) is 6.20 Å². The summed E-state index contributed by atoms with van der Waals surface area (Å²) in [5.41, 5.74) is 4.26. The van der Waals surface area contributed by atoms with Crippen LogP contribution >= 0.6 is 11.6 Å². The third kappa shape index (κ3) is 4.50. The molecule has 2 aromatic heterocycles. The largest absolute Gasteiger partial charge is 0.381 e. The maximum absolute atomic E-state index is 12.7. The number of aromatic nitrogens is 3. The summed E-state index contributed by atoms with van der Waals surface area (Å²) in [6.07, 6.45) is 1.51. The molecule has 0 fully saturated rings. The molecule has 0 atom stereocenters. The molecule has 0 radical (unpaired) electrons. The van der Waals surface area contributed by atoms with Crippen molar-refractivity contribution in [1.29, 1.82) is 0 Å². The van der Waals surface area contributed by atoms with Gasteiger partial charge in [0.25, 0.3) is 10.0 Å². The Morgan fingerprint density at radius 2 is 1.65 bits per heavy atom. The number of nitrogens with zero attached hydrogens (tertiary/aromatic N) is 3. The van der Waals surface area contributed by atoms with Gasteiger partial charge < -0.3 is 5.32 Å². The number of aryl methyl sites for hydroxylation is 1. The fraction of sp³-hybridized carbons (Fsp3) is 0.0800. The summed E-state index contributed by atoms with van der Waals surface area (Å²) >= 11 is 6.19. The van der Waals surface area contributed by atoms with E-state index in [9.17, 15) is 8.42 Å². The van der Waals surface area contributed by atoms with Crippen LogP contribution in [-0.2, 0) is 16.6 Å². The molecule has 9 heteroatoms. The minimum Gasteiger partial charge on any atom is -0.381 e. The van der Waals surface area contributed by atoms with E-state index in [-0.39, 0.29) is 10.8 Å². The van der Waals surface area contributed by atoms with Gasteiger partial charge in [0.2, 0.25) is 5.95 Å². The van der Waals surface area contributed by atoms with Gasteiger partial charge in [-0.15, -0.1) is 0 Å².